The highest BCUT2D eigenvalue weighted by molar-refractivity contribution is 7.80. The third-order valence-electron chi connectivity index (χ3n) is 3.63. The minimum atomic E-state index is -0.807. The van der Waals surface area contributed by atoms with Gasteiger partial charge in [-0.05, 0) is 19.1 Å². The van der Waals surface area contributed by atoms with Gasteiger partial charge < -0.3 is 21.3 Å². The number of nitrogens with zero attached hydrogens (tertiary/aromatic N) is 1. The van der Waals surface area contributed by atoms with Gasteiger partial charge in [0.05, 0.1) is 18.2 Å². The van der Waals surface area contributed by atoms with Crippen LogP contribution in [0.4, 0.5) is 5.69 Å². The number of rotatable bonds is 4. The van der Waals surface area contributed by atoms with Gasteiger partial charge in [-0.25, -0.2) is 0 Å². The van der Waals surface area contributed by atoms with E-state index < -0.39 is 18.2 Å². The minimum Gasteiger partial charge on any atom is -0.389 e. The van der Waals surface area contributed by atoms with Crippen LogP contribution in [0.15, 0.2) is 24.3 Å². The summed E-state index contributed by atoms with van der Waals surface area (Å²) in [6.07, 6.45) is -1.61. The van der Waals surface area contributed by atoms with Crippen LogP contribution >= 0.6 is 12.2 Å². The average molecular weight is 309 g/mol. The van der Waals surface area contributed by atoms with Crippen molar-refractivity contribution >= 4 is 28.8 Å². The van der Waals surface area contributed by atoms with Gasteiger partial charge in [0.2, 0.25) is 5.91 Å². The number of likely N-dealkylation sites (tertiary alicyclic amines) is 1. The molecule has 3 atom stereocenters. The van der Waals surface area contributed by atoms with E-state index in [1.165, 1.54) is 0 Å². The fraction of sp³-hybridized carbons (Fsp3) is 0.429. The second kappa shape index (κ2) is 6.48. The zero-order valence-electron chi connectivity index (χ0n) is 11.7. The molecule has 0 bridgehead atoms. The number of amides is 1. The van der Waals surface area contributed by atoms with E-state index in [-0.39, 0.29) is 24.0 Å². The predicted octanol–water partition coefficient (Wildman–Crippen LogP) is -0.315. The minimum absolute atomic E-state index is 0.212. The Morgan fingerprint density at radius 2 is 2.05 bits per heavy atom. The number of β-amino-alcohol motifs (C(OH)–C–C–N with tert-alkyl or cyclic N) is 2. The van der Waals surface area contributed by atoms with Crippen molar-refractivity contribution in [1.82, 2.24) is 4.90 Å². The first-order chi connectivity index (χ1) is 9.88. The van der Waals surface area contributed by atoms with Crippen LogP contribution in [0.1, 0.15) is 12.5 Å². The third kappa shape index (κ3) is 3.76. The second-order valence-corrected chi connectivity index (χ2v) is 5.64. The summed E-state index contributed by atoms with van der Waals surface area (Å²) in [5.74, 6) is -0.212. The van der Waals surface area contributed by atoms with E-state index in [1.807, 2.05) is 0 Å². The Morgan fingerprint density at radius 1 is 1.43 bits per heavy atom. The highest BCUT2D eigenvalue weighted by Crippen LogP contribution is 2.16. The fourth-order valence-electron chi connectivity index (χ4n) is 2.28. The molecule has 1 aromatic rings. The summed E-state index contributed by atoms with van der Waals surface area (Å²) >= 11 is 4.90. The maximum absolute atomic E-state index is 12.2. The van der Waals surface area contributed by atoms with E-state index in [2.05, 4.69) is 5.32 Å². The number of carbonyl (C=O) groups is 1. The first kappa shape index (κ1) is 15.8. The SMILES string of the molecule is CC(C(=O)Nc1cccc(C(N)=S)c1)N1CC(O)C(O)C1. The number of benzene rings is 1. The lowest BCUT2D eigenvalue weighted by molar-refractivity contribution is -0.120. The molecular weight excluding hydrogens is 290 g/mol. The molecule has 1 heterocycles. The van der Waals surface area contributed by atoms with Gasteiger partial charge in [0, 0.05) is 24.3 Å². The Morgan fingerprint density at radius 3 is 2.62 bits per heavy atom. The topological polar surface area (TPSA) is 98.8 Å². The number of nitrogens with two attached hydrogens (primary N) is 1. The smallest absolute Gasteiger partial charge is 0.241 e. The molecule has 21 heavy (non-hydrogen) atoms. The molecule has 1 aliphatic rings. The first-order valence-corrected chi connectivity index (χ1v) is 7.10. The van der Waals surface area contributed by atoms with Crippen molar-refractivity contribution in [2.75, 3.05) is 18.4 Å². The average Bonchev–Trinajstić information content (AvgIpc) is 2.78. The van der Waals surface area contributed by atoms with E-state index >= 15 is 0 Å². The van der Waals surface area contributed by atoms with E-state index in [1.54, 1.807) is 36.1 Å². The number of carbonyl (C=O) groups excluding carboxylic acids is 1. The molecule has 0 saturated carbocycles. The van der Waals surface area contributed by atoms with Gasteiger partial charge in [-0.3, -0.25) is 9.69 Å². The number of aliphatic hydroxyl groups is 2. The van der Waals surface area contributed by atoms with Crippen molar-refractivity contribution in [2.45, 2.75) is 25.2 Å². The van der Waals surface area contributed by atoms with Gasteiger partial charge in [0.25, 0.3) is 0 Å². The van der Waals surface area contributed by atoms with Crippen LogP contribution in [0.5, 0.6) is 0 Å². The van der Waals surface area contributed by atoms with Gasteiger partial charge in [-0.1, -0.05) is 24.4 Å². The standard InChI is InChI=1S/C14H19N3O3S/c1-8(17-6-11(18)12(19)7-17)14(20)16-10-4-2-3-9(5-10)13(15)21/h2-5,8,11-12,18-19H,6-7H2,1H3,(H2,15,21)(H,16,20). The lowest BCUT2D eigenvalue weighted by Gasteiger charge is -2.22. The van der Waals surface area contributed by atoms with E-state index in [0.717, 1.165) is 0 Å². The van der Waals surface area contributed by atoms with Crippen LogP contribution in [0.25, 0.3) is 0 Å². The Hall–Kier alpha value is -1.54. The monoisotopic (exact) mass is 309 g/mol. The Bertz CT molecular complexity index is 542. The lowest BCUT2D eigenvalue weighted by Crippen LogP contribution is -2.41. The number of aliphatic hydroxyl groups excluding tert-OH is 2. The van der Waals surface area contributed by atoms with Crippen LogP contribution < -0.4 is 11.1 Å². The van der Waals surface area contributed by atoms with E-state index in [9.17, 15) is 15.0 Å². The summed E-state index contributed by atoms with van der Waals surface area (Å²) < 4.78 is 0. The van der Waals surface area contributed by atoms with Crippen molar-refractivity contribution in [3.8, 4) is 0 Å². The summed E-state index contributed by atoms with van der Waals surface area (Å²) in [5, 5.41) is 21.9. The van der Waals surface area contributed by atoms with Crippen LogP contribution in [-0.4, -0.2) is 57.3 Å². The van der Waals surface area contributed by atoms with Gasteiger partial charge in [-0.15, -0.1) is 0 Å². The van der Waals surface area contributed by atoms with Crippen LogP contribution in [-0.2, 0) is 4.79 Å². The van der Waals surface area contributed by atoms with Crippen LogP contribution in [0, 0.1) is 0 Å². The molecule has 3 unspecified atom stereocenters. The molecule has 114 valence electrons. The molecule has 6 nitrogen and oxygen atoms in total. The van der Waals surface area contributed by atoms with Gasteiger partial charge >= 0.3 is 0 Å². The lowest BCUT2D eigenvalue weighted by atomic mass is 10.2. The normalized spacial score (nSPS) is 23.8. The van der Waals surface area contributed by atoms with Gasteiger partial charge in [0.15, 0.2) is 0 Å². The Labute approximate surface area is 128 Å². The van der Waals surface area contributed by atoms with Crippen molar-refractivity contribution in [3.05, 3.63) is 29.8 Å². The molecule has 1 aromatic carbocycles. The number of hydrogen-bond donors (Lipinski definition) is 4. The van der Waals surface area contributed by atoms with Crippen molar-refractivity contribution in [1.29, 1.82) is 0 Å². The third-order valence-corrected chi connectivity index (χ3v) is 3.86. The number of anilines is 1. The van der Waals surface area contributed by atoms with Crippen molar-refractivity contribution < 1.29 is 15.0 Å². The number of thiocarbonyl (C=S) groups is 1. The zero-order valence-corrected chi connectivity index (χ0v) is 12.5. The highest BCUT2D eigenvalue weighted by Gasteiger charge is 2.34. The molecule has 1 amide bonds. The molecule has 0 aromatic heterocycles. The first-order valence-electron chi connectivity index (χ1n) is 6.69. The van der Waals surface area contributed by atoms with Crippen LogP contribution in [0.3, 0.4) is 0 Å². The van der Waals surface area contributed by atoms with E-state index in [4.69, 9.17) is 18.0 Å². The molecule has 1 aliphatic heterocycles. The summed E-state index contributed by atoms with van der Waals surface area (Å²) in [6.45, 7) is 2.29. The quantitative estimate of drug-likeness (QED) is 0.569. The Kier molecular flexibility index (Phi) is 4.89. The molecule has 0 aliphatic carbocycles. The summed E-state index contributed by atoms with van der Waals surface area (Å²) in [6, 6.07) is 6.54. The maximum atomic E-state index is 12.2. The molecule has 0 spiro atoms. The predicted molar refractivity (Wildman–Crippen MR) is 84.0 cm³/mol. The molecule has 7 heteroatoms. The summed E-state index contributed by atoms with van der Waals surface area (Å²) in [4.78, 5) is 14.2. The Balaban J connectivity index is 2.01. The summed E-state index contributed by atoms with van der Waals surface area (Å²) in [7, 11) is 0. The molecule has 1 saturated heterocycles. The summed E-state index contributed by atoms with van der Waals surface area (Å²) in [5.41, 5.74) is 6.85. The second-order valence-electron chi connectivity index (χ2n) is 5.20. The molecule has 1 fully saturated rings. The highest BCUT2D eigenvalue weighted by atomic mass is 32.1. The zero-order chi connectivity index (χ0) is 15.6. The van der Waals surface area contributed by atoms with Crippen molar-refractivity contribution in [3.63, 3.8) is 0 Å². The maximum Gasteiger partial charge on any atom is 0.241 e. The van der Waals surface area contributed by atoms with Gasteiger partial charge in [-0.2, -0.15) is 0 Å². The van der Waals surface area contributed by atoms with E-state index in [0.29, 0.717) is 11.3 Å². The largest absolute Gasteiger partial charge is 0.389 e. The fourth-order valence-corrected chi connectivity index (χ4v) is 2.40. The number of hydrogen-bond acceptors (Lipinski definition) is 5. The molecular formula is C14H19N3O3S. The molecule has 5 N–H and O–H groups in total. The van der Waals surface area contributed by atoms with Crippen molar-refractivity contribution in [2.24, 2.45) is 5.73 Å². The van der Waals surface area contributed by atoms with Gasteiger partial charge in [0.1, 0.15) is 4.99 Å². The molecule has 2 rings (SSSR count). The van der Waals surface area contributed by atoms with Crippen LogP contribution in [0.2, 0.25) is 0 Å². The molecule has 0 radical (unpaired) electrons. The number of nitrogens with one attached hydrogen (secondary N) is 1.